The Labute approximate surface area is 138 Å². The topological polar surface area (TPSA) is 69.9 Å². The van der Waals surface area contributed by atoms with Gasteiger partial charge in [0.15, 0.2) is 5.65 Å². The maximum atomic E-state index is 11.6. The predicted molar refractivity (Wildman–Crippen MR) is 90.5 cm³/mol. The van der Waals surface area contributed by atoms with E-state index in [0.717, 1.165) is 22.1 Å². The number of para-hydroxylation sites is 1. The molecule has 0 N–H and O–H groups in total. The monoisotopic (exact) mass is 330 g/mol. The van der Waals surface area contributed by atoms with Gasteiger partial charge in [0.05, 0.1) is 12.6 Å². The van der Waals surface area contributed by atoms with Gasteiger partial charge in [-0.25, -0.2) is 4.98 Å². The molecule has 0 saturated heterocycles. The molecule has 0 saturated carbocycles. The first kappa shape index (κ1) is 15.7. The number of hydrogen-bond donors (Lipinski definition) is 0. The summed E-state index contributed by atoms with van der Waals surface area (Å²) in [5.74, 6) is -0.303. The van der Waals surface area contributed by atoms with Crippen LogP contribution in [0.3, 0.4) is 0 Å². The van der Waals surface area contributed by atoms with Gasteiger partial charge in [-0.1, -0.05) is 30.0 Å². The Kier molecular flexibility index (Phi) is 4.21. The lowest BCUT2D eigenvalue weighted by atomic mass is 10.2. The Morgan fingerprint density at radius 3 is 2.65 bits per heavy atom. The van der Waals surface area contributed by atoms with Gasteiger partial charge in [0, 0.05) is 11.4 Å². The van der Waals surface area contributed by atoms with Crippen LogP contribution in [0.5, 0.6) is 0 Å². The zero-order valence-corrected chi connectivity index (χ0v) is 14.3. The van der Waals surface area contributed by atoms with Gasteiger partial charge in [-0.2, -0.15) is 0 Å². The summed E-state index contributed by atoms with van der Waals surface area (Å²) in [4.78, 5) is 16.2. The summed E-state index contributed by atoms with van der Waals surface area (Å²) in [5, 5.41) is 9.64. The molecule has 1 aromatic carbocycles. The van der Waals surface area contributed by atoms with Crippen molar-refractivity contribution in [1.82, 2.24) is 19.7 Å². The molecule has 0 amide bonds. The molecule has 0 radical (unpaired) electrons. The molecule has 0 fully saturated rings. The van der Waals surface area contributed by atoms with E-state index in [1.807, 2.05) is 18.2 Å². The van der Waals surface area contributed by atoms with E-state index in [9.17, 15) is 4.79 Å². The van der Waals surface area contributed by atoms with Crippen LogP contribution < -0.4 is 0 Å². The second kappa shape index (κ2) is 6.16. The molecule has 1 unspecified atom stereocenters. The number of nitrogens with zero attached hydrogens (tertiary/aromatic N) is 4. The number of benzene rings is 1. The lowest BCUT2D eigenvalue weighted by molar-refractivity contribution is -0.139. The fraction of sp³-hybridized carbons (Fsp3) is 0.375. The van der Waals surface area contributed by atoms with Crippen LogP contribution in [-0.4, -0.2) is 38.1 Å². The average molecular weight is 330 g/mol. The minimum absolute atomic E-state index is 0.241. The number of aromatic nitrogens is 4. The van der Waals surface area contributed by atoms with Gasteiger partial charge in [-0.05, 0) is 26.8 Å². The van der Waals surface area contributed by atoms with E-state index >= 15 is 0 Å². The van der Waals surface area contributed by atoms with Crippen molar-refractivity contribution in [3.05, 3.63) is 24.3 Å². The first-order valence-corrected chi connectivity index (χ1v) is 8.28. The summed E-state index contributed by atoms with van der Waals surface area (Å²) in [6, 6.07) is 8.31. The molecule has 0 bridgehead atoms. The SMILES string of the molecule is COC(=O)C(C)Sc1nnc2c3ccccc3n(C(C)C)c2n1. The number of rotatable bonds is 4. The Morgan fingerprint density at radius 2 is 1.96 bits per heavy atom. The molecule has 23 heavy (non-hydrogen) atoms. The van der Waals surface area contributed by atoms with Gasteiger partial charge in [-0.3, -0.25) is 4.79 Å². The van der Waals surface area contributed by atoms with Crippen LogP contribution in [0, 0.1) is 0 Å². The molecule has 7 heteroatoms. The average Bonchev–Trinajstić information content (AvgIpc) is 2.87. The molecule has 0 aliphatic heterocycles. The summed E-state index contributed by atoms with van der Waals surface area (Å²) in [7, 11) is 1.37. The van der Waals surface area contributed by atoms with Crippen molar-refractivity contribution in [2.75, 3.05) is 7.11 Å². The summed E-state index contributed by atoms with van der Waals surface area (Å²) in [6.07, 6.45) is 0. The molecule has 0 spiro atoms. The lowest BCUT2D eigenvalue weighted by Gasteiger charge is -2.11. The van der Waals surface area contributed by atoms with Crippen LogP contribution in [0.15, 0.2) is 29.4 Å². The fourth-order valence-corrected chi connectivity index (χ4v) is 3.32. The molecule has 0 aliphatic rings. The van der Waals surface area contributed by atoms with Crippen LogP contribution in [0.1, 0.15) is 26.8 Å². The minimum atomic E-state index is -0.379. The van der Waals surface area contributed by atoms with Crippen LogP contribution >= 0.6 is 11.8 Å². The zero-order valence-electron chi connectivity index (χ0n) is 13.5. The maximum Gasteiger partial charge on any atom is 0.318 e. The third-order valence-electron chi connectivity index (χ3n) is 3.63. The standard InChI is InChI=1S/C16H18N4O2S/c1-9(2)20-12-8-6-5-7-11(12)13-14(20)17-16(19-18-13)23-10(3)15(21)22-4/h5-10H,1-4H3. The maximum absolute atomic E-state index is 11.6. The molecule has 1 atom stereocenters. The number of fused-ring (bicyclic) bond motifs is 3. The third kappa shape index (κ3) is 2.76. The van der Waals surface area contributed by atoms with Crippen molar-refractivity contribution in [1.29, 1.82) is 0 Å². The van der Waals surface area contributed by atoms with Gasteiger partial charge in [0.1, 0.15) is 10.8 Å². The van der Waals surface area contributed by atoms with Crippen molar-refractivity contribution < 1.29 is 9.53 Å². The molecule has 6 nitrogen and oxygen atoms in total. The van der Waals surface area contributed by atoms with E-state index in [2.05, 4.69) is 39.7 Å². The third-order valence-corrected chi connectivity index (χ3v) is 4.56. The van der Waals surface area contributed by atoms with E-state index in [4.69, 9.17) is 4.74 Å². The number of carbonyl (C=O) groups is 1. The molecule has 0 aliphatic carbocycles. The van der Waals surface area contributed by atoms with Crippen molar-refractivity contribution in [2.24, 2.45) is 0 Å². The summed E-state index contributed by atoms with van der Waals surface area (Å²) >= 11 is 1.25. The Bertz CT molecular complexity index is 875. The molecular formula is C16H18N4O2S. The van der Waals surface area contributed by atoms with Gasteiger partial charge >= 0.3 is 5.97 Å². The predicted octanol–water partition coefficient (Wildman–Crippen LogP) is 3.21. The number of ether oxygens (including phenoxy) is 1. The summed E-state index contributed by atoms with van der Waals surface area (Å²) in [5.41, 5.74) is 2.66. The van der Waals surface area contributed by atoms with Crippen LogP contribution in [0.2, 0.25) is 0 Å². The van der Waals surface area contributed by atoms with E-state index in [-0.39, 0.29) is 17.3 Å². The summed E-state index contributed by atoms with van der Waals surface area (Å²) in [6.45, 7) is 5.98. The normalized spacial score (nSPS) is 12.9. The number of hydrogen-bond acceptors (Lipinski definition) is 6. The number of methoxy groups -OCH3 is 1. The van der Waals surface area contributed by atoms with Crippen molar-refractivity contribution in [3.8, 4) is 0 Å². The van der Waals surface area contributed by atoms with Gasteiger partial charge < -0.3 is 9.30 Å². The van der Waals surface area contributed by atoms with Gasteiger partial charge in [0.2, 0.25) is 5.16 Å². The van der Waals surface area contributed by atoms with Crippen LogP contribution in [0.25, 0.3) is 22.1 Å². The molecule has 120 valence electrons. The summed E-state index contributed by atoms with van der Waals surface area (Å²) < 4.78 is 6.89. The molecule has 2 heterocycles. The highest BCUT2D eigenvalue weighted by atomic mass is 32.2. The second-order valence-electron chi connectivity index (χ2n) is 5.53. The largest absolute Gasteiger partial charge is 0.468 e. The van der Waals surface area contributed by atoms with Gasteiger partial charge in [0.25, 0.3) is 0 Å². The fourth-order valence-electron chi connectivity index (χ4n) is 2.59. The molecular weight excluding hydrogens is 312 g/mol. The molecule has 3 rings (SSSR count). The van der Waals surface area contributed by atoms with E-state index < -0.39 is 0 Å². The van der Waals surface area contributed by atoms with Crippen molar-refractivity contribution in [2.45, 2.75) is 37.2 Å². The number of thioether (sulfide) groups is 1. The molecule has 3 aromatic rings. The second-order valence-corrected chi connectivity index (χ2v) is 6.84. The lowest BCUT2D eigenvalue weighted by Crippen LogP contribution is -2.15. The van der Waals surface area contributed by atoms with Crippen molar-refractivity contribution in [3.63, 3.8) is 0 Å². The zero-order chi connectivity index (χ0) is 16.6. The highest BCUT2D eigenvalue weighted by molar-refractivity contribution is 8.00. The van der Waals surface area contributed by atoms with Crippen molar-refractivity contribution >= 4 is 39.8 Å². The van der Waals surface area contributed by atoms with Crippen LogP contribution in [-0.2, 0) is 9.53 Å². The Hall–Kier alpha value is -2.15. The Morgan fingerprint density at radius 1 is 1.22 bits per heavy atom. The quantitative estimate of drug-likeness (QED) is 0.540. The van der Waals surface area contributed by atoms with E-state index in [1.165, 1.54) is 18.9 Å². The molecule has 2 aromatic heterocycles. The minimum Gasteiger partial charge on any atom is -0.468 e. The number of carbonyl (C=O) groups excluding carboxylic acids is 1. The van der Waals surface area contributed by atoms with E-state index in [1.54, 1.807) is 6.92 Å². The highest BCUT2D eigenvalue weighted by Gasteiger charge is 2.20. The highest BCUT2D eigenvalue weighted by Crippen LogP contribution is 2.30. The first-order chi connectivity index (χ1) is 11.0. The smallest absolute Gasteiger partial charge is 0.318 e. The van der Waals surface area contributed by atoms with E-state index in [0.29, 0.717) is 5.16 Å². The Balaban J connectivity index is 2.13. The number of esters is 1. The first-order valence-electron chi connectivity index (χ1n) is 7.40. The van der Waals surface area contributed by atoms with Crippen LogP contribution in [0.4, 0.5) is 0 Å². The van der Waals surface area contributed by atoms with Gasteiger partial charge in [-0.15, -0.1) is 10.2 Å².